The van der Waals surface area contributed by atoms with Gasteiger partial charge in [0.05, 0.1) is 10.2 Å². The van der Waals surface area contributed by atoms with Crippen molar-refractivity contribution in [2.24, 2.45) is 0 Å². The molecule has 6 nitrogen and oxygen atoms in total. The average Bonchev–Trinajstić information content (AvgIpc) is 2.86. The molecule has 14 heavy (non-hydrogen) atoms. The van der Waals surface area contributed by atoms with E-state index in [0.717, 1.165) is 15.2 Å². The van der Waals surface area contributed by atoms with E-state index in [1.54, 1.807) is 12.4 Å². The fourth-order valence-corrected chi connectivity index (χ4v) is 1.99. The first-order valence-electron chi connectivity index (χ1n) is 3.88. The monoisotopic (exact) mass is 204 g/mol. The molecule has 68 valence electrons. The molecule has 0 unspecified atom stereocenters. The molecule has 0 aliphatic carbocycles. The lowest BCUT2D eigenvalue weighted by atomic mass is 10.4. The van der Waals surface area contributed by atoms with E-state index in [-0.39, 0.29) is 0 Å². The third-order valence-electron chi connectivity index (χ3n) is 1.73. The maximum Gasteiger partial charge on any atom is 0.233 e. The zero-order valence-electron chi connectivity index (χ0n) is 6.88. The summed E-state index contributed by atoms with van der Waals surface area (Å²) in [5.74, 6) is 0.520. The minimum absolute atomic E-state index is 0.520. The zero-order chi connectivity index (χ0) is 9.38. The summed E-state index contributed by atoms with van der Waals surface area (Å²) in [7, 11) is 0. The van der Waals surface area contributed by atoms with Crippen LogP contribution >= 0.6 is 11.3 Å². The average molecular weight is 204 g/mol. The lowest BCUT2D eigenvalue weighted by molar-refractivity contribution is 0.881. The van der Waals surface area contributed by atoms with Crippen molar-refractivity contribution in [2.75, 3.05) is 0 Å². The van der Waals surface area contributed by atoms with Crippen molar-refractivity contribution in [3.63, 3.8) is 0 Å². The quantitative estimate of drug-likeness (QED) is 0.636. The number of thiazole rings is 1. The number of hydrogen-bond donors (Lipinski definition) is 1. The lowest BCUT2D eigenvalue weighted by Gasteiger charge is -1.80. The summed E-state index contributed by atoms with van der Waals surface area (Å²) in [5.41, 5.74) is 0.907. The SMILES string of the molecule is c1cc2nc(-c3nn[nH]n3)sc2cn1. The van der Waals surface area contributed by atoms with Crippen LogP contribution in [0.2, 0.25) is 0 Å². The Hall–Kier alpha value is -1.89. The standard InChI is InChI=1S/C7H4N6S/c1-2-8-3-5-4(1)9-7(14-5)6-10-12-13-11-6/h1-3H,(H,10,11,12,13). The van der Waals surface area contributed by atoms with Gasteiger partial charge in [-0.25, -0.2) is 4.98 Å². The highest BCUT2D eigenvalue weighted by Gasteiger charge is 2.09. The second-order valence-corrected chi connectivity index (χ2v) is 3.63. The Labute approximate surface area is 82.0 Å². The van der Waals surface area contributed by atoms with Gasteiger partial charge in [0, 0.05) is 12.4 Å². The van der Waals surface area contributed by atoms with Gasteiger partial charge in [-0.2, -0.15) is 5.21 Å². The first-order chi connectivity index (χ1) is 6.93. The van der Waals surface area contributed by atoms with E-state index in [2.05, 4.69) is 30.6 Å². The van der Waals surface area contributed by atoms with Gasteiger partial charge in [0.1, 0.15) is 0 Å². The van der Waals surface area contributed by atoms with Crippen LogP contribution in [0.4, 0.5) is 0 Å². The van der Waals surface area contributed by atoms with Gasteiger partial charge in [-0.15, -0.1) is 21.5 Å². The molecule has 3 rings (SSSR count). The second kappa shape index (κ2) is 2.81. The van der Waals surface area contributed by atoms with Crippen molar-refractivity contribution in [3.05, 3.63) is 18.5 Å². The Bertz CT molecular complexity index is 523. The number of rotatable bonds is 1. The smallest absolute Gasteiger partial charge is 0.233 e. The molecule has 3 heterocycles. The molecule has 7 heteroatoms. The van der Waals surface area contributed by atoms with Gasteiger partial charge in [0.2, 0.25) is 5.82 Å². The van der Waals surface area contributed by atoms with Crippen LogP contribution in [0.3, 0.4) is 0 Å². The van der Waals surface area contributed by atoms with Crippen LogP contribution in [-0.4, -0.2) is 30.6 Å². The number of H-pyrrole nitrogens is 1. The van der Waals surface area contributed by atoms with Crippen molar-refractivity contribution in [3.8, 4) is 10.8 Å². The van der Waals surface area contributed by atoms with Gasteiger partial charge >= 0.3 is 0 Å². The molecule has 0 aliphatic heterocycles. The maximum absolute atomic E-state index is 4.35. The molecular weight excluding hydrogens is 200 g/mol. The van der Waals surface area contributed by atoms with Gasteiger partial charge in [-0.3, -0.25) is 4.98 Å². The fourth-order valence-electron chi connectivity index (χ4n) is 1.13. The summed E-state index contributed by atoms with van der Waals surface area (Å²) >= 11 is 1.50. The molecule has 0 saturated heterocycles. The zero-order valence-corrected chi connectivity index (χ0v) is 7.69. The molecule has 3 aromatic heterocycles. The van der Waals surface area contributed by atoms with Gasteiger partial charge in [-0.1, -0.05) is 0 Å². The summed E-state index contributed by atoms with van der Waals surface area (Å²) in [5, 5.41) is 14.4. The van der Waals surface area contributed by atoms with E-state index in [9.17, 15) is 0 Å². The van der Waals surface area contributed by atoms with Crippen LogP contribution in [0.5, 0.6) is 0 Å². The second-order valence-electron chi connectivity index (χ2n) is 2.60. The molecule has 0 bridgehead atoms. The molecule has 0 aromatic carbocycles. The third-order valence-corrected chi connectivity index (χ3v) is 2.73. The predicted octanol–water partition coefficient (Wildman–Crippen LogP) is 0.871. The van der Waals surface area contributed by atoms with Crippen LogP contribution in [-0.2, 0) is 0 Å². The van der Waals surface area contributed by atoms with E-state index >= 15 is 0 Å². The largest absolute Gasteiger partial charge is 0.263 e. The van der Waals surface area contributed by atoms with Gasteiger partial charge in [0.25, 0.3) is 0 Å². The molecule has 0 amide bonds. The first-order valence-corrected chi connectivity index (χ1v) is 4.69. The molecule has 0 radical (unpaired) electrons. The number of nitrogens with zero attached hydrogens (tertiary/aromatic N) is 5. The highest BCUT2D eigenvalue weighted by molar-refractivity contribution is 7.21. The third kappa shape index (κ3) is 1.06. The van der Waals surface area contributed by atoms with Crippen LogP contribution in [0.1, 0.15) is 0 Å². The molecule has 0 atom stereocenters. The number of pyridine rings is 1. The highest BCUT2D eigenvalue weighted by Crippen LogP contribution is 2.26. The van der Waals surface area contributed by atoms with Crippen molar-refractivity contribution in [1.29, 1.82) is 0 Å². The lowest BCUT2D eigenvalue weighted by Crippen LogP contribution is -1.78. The predicted molar refractivity (Wildman–Crippen MR) is 50.6 cm³/mol. The van der Waals surface area contributed by atoms with Crippen LogP contribution in [0.25, 0.3) is 21.0 Å². The molecular formula is C7H4N6S. The maximum atomic E-state index is 4.35. The summed E-state index contributed by atoms with van der Waals surface area (Å²) in [6.45, 7) is 0. The number of aromatic amines is 1. The summed E-state index contributed by atoms with van der Waals surface area (Å²) in [6, 6.07) is 1.86. The molecule has 3 aromatic rings. The Morgan fingerprint density at radius 3 is 3.14 bits per heavy atom. The molecule has 0 fully saturated rings. The topological polar surface area (TPSA) is 80.2 Å². The summed E-state index contributed by atoms with van der Waals surface area (Å²) in [4.78, 5) is 8.36. The van der Waals surface area contributed by atoms with Gasteiger partial charge in [-0.05, 0) is 11.3 Å². The molecule has 0 aliphatic rings. The minimum Gasteiger partial charge on any atom is -0.263 e. The van der Waals surface area contributed by atoms with Crippen LogP contribution in [0.15, 0.2) is 18.5 Å². The fraction of sp³-hybridized carbons (Fsp3) is 0. The normalized spacial score (nSPS) is 10.9. The first kappa shape index (κ1) is 7.51. The van der Waals surface area contributed by atoms with E-state index in [0.29, 0.717) is 5.82 Å². The summed E-state index contributed by atoms with van der Waals surface area (Å²) in [6.07, 6.45) is 3.48. The minimum atomic E-state index is 0.520. The molecule has 1 N–H and O–H groups in total. The van der Waals surface area contributed by atoms with Crippen LogP contribution in [0, 0.1) is 0 Å². The number of aromatic nitrogens is 6. The number of hydrogen-bond acceptors (Lipinski definition) is 6. The van der Waals surface area contributed by atoms with Crippen molar-refractivity contribution in [2.45, 2.75) is 0 Å². The van der Waals surface area contributed by atoms with Crippen molar-refractivity contribution < 1.29 is 0 Å². The number of fused-ring (bicyclic) bond motifs is 1. The Morgan fingerprint density at radius 2 is 2.36 bits per heavy atom. The van der Waals surface area contributed by atoms with E-state index < -0.39 is 0 Å². The van der Waals surface area contributed by atoms with Gasteiger partial charge in [0.15, 0.2) is 5.01 Å². The number of tetrazole rings is 1. The highest BCUT2D eigenvalue weighted by atomic mass is 32.1. The van der Waals surface area contributed by atoms with E-state index in [4.69, 9.17) is 0 Å². The Balaban J connectivity index is 2.24. The van der Waals surface area contributed by atoms with E-state index in [1.165, 1.54) is 11.3 Å². The van der Waals surface area contributed by atoms with Crippen molar-refractivity contribution in [1.82, 2.24) is 30.6 Å². The van der Waals surface area contributed by atoms with E-state index in [1.807, 2.05) is 6.07 Å². The van der Waals surface area contributed by atoms with Crippen LogP contribution < -0.4 is 0 Å². The Kier molecular flexibility index (Phi) is 1.51. The van der Waals surface area contributed by atoms with Crippen molar-refractivity contribution >= 4 is 21.6 Å². The number of nitrogens with one attached hydrogen (secondary N) is 1. The Morgan fingerprint density at radius 1 is 1.36 bits per heavy atom. The molecule has 0 spiro atoms. The van der Waals surface area contributed by atoms with Gasteiger partial charge < -0.3 is 0 Å². The molecule has 0 saturated carbocycles. The summed E-state index contributed by atoms with van der Waals surface area (Å²) < 4.78 is 1.02.